The van der Waals surface area contributed by atoms with Crippen LogP contribution >= 0.6 is 15.9 Å². The van der Waals surface area contributed by atoms with Gasteiger partial charge in [0.05, 0.1) is 10.6 Å². The molecule has 0 saturated heterocycles. The first-order valence-electron chi connectivity index (χ1n) is 10.7. The number of nitrogens with zero attached hydrogens (tertiary/aromatic N) is 2. The molecule has 0 aliphatic carbocycles. The van der Waals surface area contributed by atoms with Gasteiger partial charge < -0.3 is 10.2 Å². The molecule has 1 unspecified atom stereocenters. The number of hydrogen-bond donors (Lipinski definition) is 1. The second kappa shape index (κ2) is 11.5. The molecule has 3 aromatic rings. The molecule has 184 valence electrons. The van der Waals surface area contributed by atoms with Crippen LogP contribution in [0.3, 0.4) is 0 Å². The predicted molar refractivity (Wildman–Crippen MR) is 136 cm³/mol. The minimum absolute atomic E-state index is 0.00720. The van der Waals surface area contributed by atoms with E-state index in [9.17, 15) is 22.4 Å². The van der Waals surface area contributed by atoms with Crippen LogP contribution in [0.5, 0.6) is 0 Å². The van der Waals surface area contributed by atoms with Gasteiger partial charge in [0.2, 0.25) is 11.8 Å². The third kappa shape index (κ3) is 6.26. The summed E-state index contributed by atoms with van der Waals surface area (Å²) in [6.07, 6.45) is 0. The molecule has 0 radical (unpaired) electrons. The number of carbonyl (C=O) groups is 2. The lowest BCUT2D eigenvalue weighted by Crippen LogP contribution is -2.50. The van der Waals surface area contributed by atoms with Crippen molar-refractivity contribution in [3.63, 3.8) is 0 Å². The molecule has 0 aliphatic heterocycles. The third-order valence-electron chi connectivity index (χ3n) is 5.42. The monoisotopic (exact) mass is 561 g/mol. The first-order valence-corrected chi connectivity index (χ1v) is 13.0. The number of rotatable bonds is 9. The smallest absolute Gasteiger partial charge is 0.264 e. The molecule has 7 nitrogen and oxygen atoms in total. The van der Waals surface area contributed by atoms with Gasteiger partial charge in [-0.25, -0.2) is 12.8 Å². The minimum atomic E-state index is -4.14. The standard InChI is InChI=1S/C25H25BrFN3O4S/c1-18(25(32)28-2)29(16-19-9-6-7-14-23(19)27)24(31)17-30(21-11-8-10-20(26)15-21)35(33,34)22-12-4-3-5-13-22/h3-15,18H,16-17H2,1-2H3,(H,28,32). The molecule has 1 atom stereocenters. The Labute approximate surface area is 212 Å². The molecule has 0 saturated carbocycles. The second-order valence-electron chi connectivity index (χ2n) is 7.71. The van der Waals surface area contributed by atoms with E-state index in [0.29, 0.717) is 4.47 Å². The van der Waals surface area contributed by atoms with Gasteiger partial charge in [0.1, 0.15) is 18.4 Å². The van der Waals surface area contributed by atoms with Crippen molar-refractivity contribution in [2.75, 3.05) is 17.9 Å². The highest BCUT2D eigenvalue weighted by molar-refractivity contribution is 9.10. The van der Waals surface area contributed by atoms with Crippen molar-refractivity contribution in [1.82, 2.24) is 10.2 Å². The molecule has 35 heavy (non-hydrogen) atoms. The first-order chi connectivity index (χ1) is 16.6. The predicted octanol–water partition coefficient (Wildman–Crippen LogP) is 3.95. The van der Waals surface area contributed by atoms with Crippen LogP contribution in [0, 0.1) is 5.82 Å². The average molecular weight is 562 g/mol. The van der Waals surface area contributed by atoms with E-state index in [2.05, 4.69) is 21.2 Å². The lowest BCUT2D eigenvalue weighted by atomic mass is 10.1. The molecule has 0 aromatic heterocycles. The normalized spacial score (nSPS) is 12.0. The molecule has 3 rings (SSSR count). The summed E-state index contributed by atoms with van der Waals surface area (Å²) in [6, 6.07) is 19.2. The summed E-state index contributed by atoms with van der Waals surface area (Å²) in [5.41, 5.74) is 0.464. The Hall–Kier alpha value is -3.24. The van der Waals surface area contributed by atoms with Crippen LogP contribution in [0.4, 0.5) is 10.1 Å². The summed E-state index contributed by atoms with van der Waals surface area (Å²) in [4.78, 5) is 27.2. The Morgan fingerprint density at radius 1 is 1.00 bits per heavy atom. The Morgan fingerprint density at radius 3 is 2.29 bits per heavy atom. The molecule has 10 heteroatoms. The zero-order valence-electron chi connectivity index (χ0n) is 19.2. The van der Waals surface area contributed by atoms with Crippen molar-refractivity contribution >= 4 is 43.5 Å². The van der Waals surface area contributed by atoms with Crippen molar-refractivity contribution in [3.05, 3.63) is 94.7 Å². The van der Waals surface area contributed by atoms with Gasteiger partial charge in [0, 0.05) is 23.6 Å². The fraction of sp³-hybridized carbons (Fsp3) is 0.200. The Balaban J connectivity index is 2.04. The Morgan fingerprint density at radius 2 is 1.66 bits per heavy atom. The molecular formula is C25H25BrFN3O4S. The third-order valence-corrected chi connectivity index (χ3v) is 7.70. The summed E-state index contributed by atoms with van der Waals surface area (Å²) in [5.74, 6) is -1.66. The number of likely N-dealkylation sites (N-methyl/N-ethyl adjacent to an activating group) is 1. The van der Waals surface area contributed by atoms with E-state index in [1.165, 1.54) is 49.2 Å². The second-order valence-corrected chi connectivity index (χ2v) is 10.5. The van der Waals surface area contributed by atoms with Crippen LogP contribution in [0.25, 0.3) is 0 Å². The number of carbonyl (C=O) groups excluding carboxylic acids is 2. The summed E-state index contributed by atoms with van der Waals surface area (Å²) in [6.45, 7) is 0.702. The van der Waals surface area contributed by atoms with Crippen molar-refractivity contribution in [2.45, 2.75) is 24.4 Å². The maximum atomic E-state index is 14.4. The zero-order chi connectivity index (χ0) is 25.6. The van der Waals surface area contributed by atoms with Gasteiger partial charge in [0.25, 0.3) is 10.0 Å². The first kappa shape index (κ1) is 26.4. The summed E-state index contributed by atoms with van der Waals surface area (Å²) >= 11 is 3.34. The van der Waals surface area contributed by atoms with Gasteiger partial charge in [-0.1, -0.05) is 58.4 Å². The van der Waals surface area contributed by atoms with Gasteiger partial charge >= 0.3 is 0 Å². The number of halogens is 2. The molecule has 0 fully saturated rings. The lowest BCUT2D eigenvalue weighted by Gasteiger charge is -2.31. The lowest BCUT2D eigenvalue weighted by molar-refractivity contribution is -0.139. The number of hydrogen-bond acceptors (Lipinski definition) is 4. The highest BCUT2D eigenvalue weighted by atomic mass is 79.9. The molecule has 1 N–H and O–H groups in total. The van der Waals surface area contributed by atoms with Crippen LogP contribution in [0.1, 0.15) is 12.5 Å². The molecule has 0 bridgehead atoms. The average Bonchev–Trinajstić information content (AvgIpc) is 2.86. The maximum absolute atomic E-state index is 14.4. The number of sulfonamides is 1. The Bertz CT molecular complexity index is 1300. The molecular weight excluding hydrogens is 537 g/mol. The number of amides is 2. The van der Waals surface area contributed by atoms with Crippen molar-refractivity contribution in [1.29, 1.82) is 0 Å². The fourth-order valence-electron chi connectivity index (χ4n) is 3.48. The van der Waals surface area contributed by atoms with E-state index in [0.717, 1.165) is 4.31 Å². The molecule has 0 spiro atoms. The molecule has 3 aromatic carbocycles. The van der Waals surface area contributed by atoms with E-state index >= 15 is 0 Å². The van der Waals surface area contributed by atoms with E-state index in [-0.39, 0.29) is 22.7 Å². The summed E-state index contributed by atoms with van der Waals surface area (Å²) in [5, 5.41) is 2.48. The van der Waals surface area contributed by atoms with Crippen LogP contribution in [0.2, 0.25) is 0 Å². The van der Waals surface area contributed by atoms with Crippen LogP contribution in [-0.4, -0.2) is 44.8 Å². The SMILES string of the molecule is CNC(=O)C(C)N(Cc1ccccc1F)C(=O)CN(c1cccc(Br)c1)S(=O)(=O)c1ccccc1. The maximum Gasteiger partial charge on any atom is 0.264 e. The number of nitrogens with one attached hydrogen (secondary N) is 1. The highest BCUT2D eigenvalue weighted by Gasteiger charge is 2.32. The van der Waals surface area contributed by atoms with E-state index in [4.69, 9.17) is 0 Å². The van der Waals surface area contributed by atoms with Gasteiger partial charge in [-0.2, -0.15) is 0 Å². The van der Waals surface area contributed by atoms with Crippen LogP contribution in [0.15, 0.2) is 88.2 Å². The van der Waals surface area contributed by atoms with Gasteiger partial charge in [-0.15, -0.1) is 0 Å². The molecule has 2 amide bonds. The zero-order valence-corrected chi connectivity index (χ0v) is 21.6. The van der Waals surface area contributed by atoms with Crippen LogP contribution in [-0.2, 0) is 26.2 Å². The number of benzene rings is 3. The molecule has 0 heterocycles. The van der Waals surface area contributed by atoms with Gasteiger partial charge in [0.15, 0.2) is 0 Å². The summed E-state index contributed by atoms with van der Waals surface area (Å²) < 4.78 is 43.2. The quantitative estimate of drug-likeness (QED) is 0.428. The van der Waals surface area contributed by atoms with Crippen LogP contribution < -0.4 is 9.62 Å². The Kier molecular flexibility index (Phi) is 8.63. The fourth-order valence-corrected chi connectivity index (χ4v) is 5.30. The van der Waals surface area contributed by atoms with Crippen molar-refractivity contribution < 1.29 is 22.4 Å². The minimum Gasteiger partial charge on any atom is -0.357 e. The van der Waals surface area contributed by atoms with Gasteiger partial charge in [-0.3, -0.25) is 13.9 Å². The van der Waals surface area contributed by atoms with E-state index in [1.54, 1.807) is 48.5 Å². The van der Waals surface area contributed by atoms with Crippen molar-refractivity contribution in [2.24, 2.45) is 0 Å². The highest BCUT2D eigenvalue weighted by Crippen LogP contribution is 2.27. The summed E-state index contributed by atoms with van der Waals surface area (Å²) in [7, 11) is -2.71. The largest absolute Gasteiger partial charge is 0.357 e. The van der Waals surface area contributed by atoms with Gasteiger partial charge in [-0.05, 0) is 43.3 Å². The van der Waals surface area contributed by atoms with E-state index < -0.39 is 40.2 Å². The van der Waals surface area contributed by atoms with Crippen molar-refractivity contribution in [3.8, 4) is 0 Å². The van der Waals surface area contributed by atoms with E-state index in [1.807, 2.05) is 0 Å². The molecule has 0 aliphatic rings. The number of anilines is 1. The topological polar surface area (TPSA) is 86.8 Å².